The predicted molar refractivity (Wildman–Crippen MR) is 194 cm³/mol. The van der Waals surface area contributed by atoms with Crippen LogP contribution in [-0.4, -0.2) is 73.4 Å². The number of Topliss-reactive ketones (excluding diaryl/α,β-unsaturated/α-hetero) is 1. The summed E-state index contributed by atoms with van der Waals surface area (Å²) in [5.41, 5.74) is 1.58. The highest BCUT2D eigenvalue weighted by atomic mass is 16.4. The van der Waals surface area contributed by atoms with Crippen molar-refractivity contribution in [2.24, 2.45) is 0 Å². The summed E-state index contributed by atoms with van der Waals surface area (Å²) in [6.45, 7) is 4.73. The van der Waals surface area contributed by atoms with Gasteiger partial charge in [-0.2, -0.15) is 0 Å². The molecule has 0 saturated heterocycles. The van der Waals surface area contributed by atoms with Crippen molar-refractivity contribution in [3.8, 4) is 0 Å². The van der Waals surface area contributed by atoms with Gasteiger partial charge in [-0.05, 0) is 82.6 Å². The number of unbranched alkanes of at least 4 members (excludes halogenated alkanes) is 7. The maximum absolute atomic E-state index is 12.3. The molecule has 2 heterocycles. The van der Waals surface area contributed by atoms with Crippen molar-refractivity contribution in [2.45, 2.75) is 135 Å². The molecular formula is C38H57N6O7. The van der Waals surface area contributed by atoms with E-state index in [9.17, 15) is 29.1 Å². The lowest BCUT2D eigenvalue weighted by Gasteiger charge is -2.28. The molecular weight excluding hydrogens is 652 g/mol. The third kappa shape index (κ3) is 21.4. The molecule has 13 heteroatoms. The highest BCUT2D eigenvalue weighted by Crippen LogP contribution is 2.17. The van der Waals surface area contributed by atoms with Gasteiger partial charge in [0.05, 0.1) is 17.9 Å². The lowest BCUT2D eigenvalue weighted by molar-refractivity contribution is -0.144. The zero-order valence-electron chi connectivity index (χ0n) is 30.1. The SMILES string of the molecule is CC(CCC(=O)O)NC(=O)N[CH]CCCCCC(=O)CCCCCCC(=O)NCCCCC(C(=O)O)N(Cc1ccccn1)Cc1ccccn1. The summed E-state index contributed by atoms with van der Waals surface area (Å²) in [5.74, 6) is -1.53. The van der Waals surface area contributed by atoms with Gasteiger partial charge in [0.2, 0.25) is 5.91 Å². The molecule has 2 atom stereocenters. The number of carbonyl (C=O) groups is 5. The van der Waals surface area contributed by atoms with Gasteiger partial charge >= 0.3 is 18.0 Å². The summed E-state index contributed by atoms with van der Waals surface area (Å²) in [4.78, 5) is 69.8. The molecule has 1 radical (unpaired) electrons. The average Bonchev–Trinajstić information content (AvgIpc) is 3.10. The fraction of sp³-hybridized carbons (Fsp3) is 0.579. The topological polar surface area (TPSA) is 191 Å². The van der Waals surface area contributed by atoms with Crippen LogP contribution in [0.1, 0.15) is 121 Å². The first-order chi connectivity index (χ1) is 24.6. The lowest BCUT2D eigenvalue weighted by Crippen LogP contribution is -2.40. The van der Waals surface area contributed by atoms with Crippen molar-refractivity contribution in [1.82, 2.24) is 30.8 Å². The number of aliphatic carboxylic acids is 2. The number of aromatic nitrogens is 2. The largest absolute Gasteiger partial charge is 0.481 e. The van der Waals surface area contributed by atoms with E-state index in [1.54, 1.807) is 25.9 Å². The van der Waals surface area contributed by atoms with Gasteiger partial charge in [0.25, 0.3) is 0 Å². The number of hydrogen-bond acceptors (Lipinski definition) is 8. The first kappa shape index (κ1) is 42.8. The van der Waals surface area contributed by atoms with Crippen molar-refractivity contribution in [2.75, 3.05) is 6.54 Å². The number of ketones is 1. The minimum Gasteiger partial charge on any atom is -0.481 e. The first-order valence-electron chi connectivity index (χ1n) is 18.3. The molecule has 3 amide bonds. The molecule has 0 saturated carbocycles. The van der Waals surface area contributed by atoms with Crippen LogP contribution in [0.2, 0.25) is 0 Å². The number of carbonyl (C=O) groups excluding carboxylic acids is 3. The van der Waals surface area contributed by atoms with E-state index < -0.39 is 18.0 Å². The number of hydrogen-bond donors (Lipinski definition) is 5. The zero-order chi connectivity index (χ0) is 37.1. The van der Waals surface area contributed by atoms with Crippen LogP contribution in [0.5, 0.6) is 0 Å². The van der Waals surface area contributed by atoms with E-state index in [0.29, 0.717) is 71.0 Å². The van der Waals surface area contributed by atoms with Crippen molar-refractivity contribution in [3.05, 3.63) is 66.7 Å². The van der Waals surface area contributed by atoms with Crippen molar-refractivity contribution in [3.63, 3.8) is 0 Å². The Kier molecular flexibility index (Phi) is 22.2. The van der Waals surface area contributed by atoms with Crippen LogP contribution >= 0.6 is 0 Å². The molecule has 0 fully saturated rings. The summed E-state index contributed by atoms with van der Waals surface area (Å²) in [7, 11) is 0. The molecule has 51 heavy (non-hydrogen) atoms. The molecule has 0 aliphatic rings. The van der Waals surface area contributed by atoms with Crippen LogP contribution in [0.4, 0.5) is 4.79 Å². The summed E-state index contributed by atoms with van der Waals surface area (Å²) < 4.78 is 0. The monoisotopic (exact) mass is 709 g/mol. The van der Waals surface area contributed by atoms with Gasteiger partial charge in [-0.25, -0.2) is 4.79 Å². The molecule has 2 aromatic rings. The van der Waals surface area contributed by atoms with Gasteiger partial charge < -0.3 is 26.2 Å². The fourth-order valence-electron chi connectivity index (χ4n) is 5.59. The molecule has 5 N–H and O–H groups in total. The summed E-state index contributed by atoms with van der Waals surface area (Å²) in [5, 5.41) is 27.1. The van der Waals surface area contributed by atoms with Crippen LogP contribution in [0.3, 0.4) is 0 Å². The summed E-state index contributed by atoms with van der Waals surface area (Å²) >= 11 is 0. The predicted octanol–water partition coefficient (Wildman–Crippen LogP) is 5.79. The van der Waals surface area contributed by atoms with E-state index in [4.69, 9.17) is 5.11 Å². The average molecular weight is 710 g/mol. The van der Waals surface area contributed by atoms with Crippen LogP contribution in [-0.2, 0) is 32.3 Å². The van der Waals surface area contributed by atoms with E-state index in [-0.39, 0.29) is 30.2 Å². The summed E-state index contributed by atoms with van der Waals surface area (Å²) in [6.07, 6.45) is 13.8. The number of nitrogens with zero attached hydrogens (tertiary/aromatic N) is 3. The smallest absolute Gasteiger partial charge is 0.320 e. The minimum atomic E-state index is -0.890. The highest BCUT2D eigenvalue weighted by Gasteiger charge is 2.26. The minimum absolute atomic E-state index is 0.00818. The number of pyridine rings is 2. The molecule has 0 aliphatic heterocycles. The first-order valence-corrected chi connectivity index (χ1v) is 18.3. The number of carboxylic acid groups (broad SMARTS) is 2. The second-order valence-electron chi connectivity index (χ2n) is 13.0. The van der Waals surface area contributed by atoms with Gasteiger partial charge in [0.1, 0.15) is 11.8 Å². The molecule has 0 bridgehead atoms. The number of rotatable bonds is 29. The van der Waals surface area contributed by atoms with E-state index in [1.807, 2.05) is 41.3 Å². The van der Waals surface area contributed by atoms with E-state index >= 15 is 0 Å². The Morgan fingerprint density at radius 3 is 1.92 bits per heavy atom. The molecule has 2 unspecified atom stereocenters. The van der Waals surface area contributed by atoms with Crippen molar-refractivity contribution >= 4 is 29.7 Å². The standard InChI is InChI=1S/C38H57N6O7/c1-30(22-23-36(47)48)43-38(51)42-27-12-5-4-7-19-33(45)18-6-2-3-8-21-35(46)41-26-15-11-20-34(37(49)50)44(28-31-16-9-13-24-39-31)29-32-17-10-14-25-40-32/h9-10,13-14,16-17,24-25,27,30,34H,2-8,11-12,15,18-23,26,28-29H2,1H3,(H,41,46)(H,47,48)(H,49,50)(H2,42,43,51). The van der Waals surface area contributed by atoms with Gasteiger partial charge in [-0.1, -0.05) is 37.8 Å². The third-order valence-corrected chi connectivity index (χ3v) is 8.45. The van der Waals surface area contributed by atoms with Crippen LogP contribution in [0, 0.1) is 6.54 Å². The Morgan fingerprint density at radius 2 is 1.35 bits per heavy atom. The second kappa shape index (κ2) is 26.4. The Hall–Kier alpha value is -4.39. The molecule has 0 aromatic carbocycles. The number of nitrogens with one attached hydrogen (secondary N) is 3. The Balaban J connectivity index is 1.49. The fourth-order valence-corrected chi connectivity index (χ4v) is 5.59. The Bertz CT molecular complexity index is 1260. The molecule has 0 aliphatic carbocycles. The van der Waals surface area contributed by atoms with Crippen LogP contribution in [0.25, 0.3) is 0 Å². The maximum Gasteiger partial charge on any atom is 0.320 e. The van der Waals surface area contributed by atoms with Crippen LogP contribution < -0.4 is 16.0 Å². The number of urea groups is 1. The van der Waals surface area contributed by atoms with E-state index in [1.165, 1.54) is 0 Å². The normalized spacial score (nSPS) is 12.2. The molecule has 2 rings (SSSR count). The summed E-state index contributed by atoms with van der Waals surface area (Å²) in [6, 6.07) is 9.92. The van der Waals surface area contributed by atoms with Crippen molar-refractivity contribution in [1.29, 1.82) is 0 Å². The Labute approximate surface area is 302 Å². The van der Waals surface area contributed by atoms with E-state index in [2.05, 4.69) is 25.9 Å². The van der Waals surface area contributed by atoms with Gasteiger partial charge in [0.15, 0.2) is 0 Å². The van der Waals surface area contributed by atoms with Crippen molar-refractivity contribution < 1.29 is 34.2 Å². The second-order valence-corrected chi connectivity index (χ2v) is 13.0. The quantitative estimate of drug-likeness (QED) is 0.0646. The molecule has 281 valence electrons. The van der Waals surface area contributed by atoms with Crippen LogP contribution in [0.15, 0.2) is 48.8 Å². The molecule has 13 nitrogen and oxygen atoms in total. The van der Waals surface area contributed by atoms with Gasteiger partial charge in [-0.3, -0.25) is 34.0 Å². The molecule has 0 spiro atoms. The van der Waals surface area contributed by atoms with Gasteiger partial charge in [0, 0.05) is 63.8 Å². The maximum atomic E-state index is 12.3. The molecule has 2 aromatic heterocycles. The number of carboxylic acids is 2. The van der Waals surface area contributed by atoms with E-state index in [0.717, 1.165) is 56.3 Å². The lowest BCUT2D eigenvalue weighted by atomic mass is 10.0. The zero-order valence-corrected chi connectivity index (χ0v) is 30.1. The highest BCUT2D eigenvalue weighted by molar-refractivity contribution is 5.78. The third-order valence-electron chi connectivity index (χ3n) is 8.45. The van der Waals surface area contributed by atoms with Gasteiger partial charge in [-0.15, -0.1) is 0 Å². The number of amides is 3. The Morgan fingerprint density at radius 1 is 0.745 bits per heavy atom.